The highest BCUT2D eigenvalue weighted by atomic mass is 16.5. The van der Waals surface area contributed by atoms with Crippen LogP contribution in [0.1, 0.15) is 39.2 Å². The first-order chi connectivity index (χ1) is 11.1. The minimum atomic E-state index is -0.263. The van der Waals surface area contributed by atoms with Crippen molar-refractivity contribution in [3.63, 3.8) is 0 Å². The maximum absolute atomic E-state index is 11.7. The Labute approximate surface area is 138 Å². The minimum absolute atomic E-state index is 0.0855. The Kier molecular flexibility index (Phi) is 8.83. The number of nitrogens with one attached hydrogen (secondary N) is 1. The first-order valence-corrected chi connectivity index (χ1v) is 8.09. The van der Waals surface area contributed by atoms with Gasteiger partial charge in [0.15, 0.2) is 11.5 Å². The van der Waals surface area contributed by atoms with Crippen LogP contribution in [0.3, 0.4) is 0 Å². The number of ether oxygens (including phenoxy) is 2. The van der Waals surface area contributed by atoms with Crippen LogP contribution in [0.25, 0.3) is 6.08 Å². The molecule has 0 saturated heterocycles. The third kappa shape index (κ3) is 7.19. The maximum atomic E-state index is 11.7. The molecule has 1 unspecified atom stereocenters. The lowest BCUT2D eigenvalue weighted by Crippen LogP contribution is -2.33. The number of carbonyl (C=O) groups is 1. The van der Waals surface area contributed by atoms with Crippen molar-refractivity contribution >= 4 is 12.0 Å². The summed E-state index contributed by atoms with van der Waals surface area (Å²) in [4.78, 5) is 11.7. The SMILES string of the molecule is CCCCOc1ccc(/C=C/C(=O)NC(C)CO)cc1OCC. The van der Waals surface area contributed by atoms with Crippen LogP contribution in [-0.2, 0) is 4.79 Å². The Bertz CT molecular complexity index is 514. The highest BCUT2D eigenvalue weighted by Crippen LogP contribution is 2.29. The largest absolute Gasteiger partial charge is 0.490 e. The molecule has 0 fully saturated rings. The topological polar surface area (TPSA) is 67.8 Å². The summed E-state index contributed by atoms with van der Waals surface area (Å²) in [6, 6.07) is 5.32. The van der Waals surface area contributed by atoms with E-state index in [0.29, 0.717) is 19.0 Å². The number of hydrogen-bond donors (Lipinski definition) is 2. The van der Waals surface area contributed by atoms with Gasteiger partial charge in [0, 0.05) is 12.1 Å². The second kappa shape index (κ2) is 10.7. The Balaban J connectivity index is 2.76. The second-order valence-corrected chi connectivity index (χ2v) is 5.27. The Morgan fingerprint density at radius 3 is 2.74 bits per heavy atom. The third-order valence-corrected chi connectivity index (χ3v) is 3.11. The average molecular weight is 321 g/mol. The maximum Gasteiger partial charge on any atom is 0.244 e. The molecule has 5 nitrogen and oxygen atoms in total. The quantitative estimate of drug-likeness (QED) is 0.514. The van der Waals surface area contributed by atoms with Crippen molar-refractivity contribution in [1.82, 2.24) is 5.32 Å². The number of hydrogen-bond acceptors (Lipinski definition) is 4. The van der Waals surface area contributed by atoms with E-state index < -0.39 is 0 Å². The van der Waals surface area contributed by atoms with Gasteiger partial charge in [-0.2, -0.15) is 0 Å². The van der Waals surface area contributed by atoms with Crippen LogP contribution in [0.4, 0.5) is 0 Å². The molecular weight excluding hydrogens is 294 g/mol. The zero-order valence-corrected chi connectivity index (χ0v) is 14.2. The molecular formula is C18H27NO4. The molecule has 0 spiro atoms. The van der Waals surface area contributed by atoms with Crippen LogP contribution in [0.5, 0.6) is 11.5 Å². The molecule has 0 aliphatic heterocycles. The third-order valence-electron chi connectivity index (χ3n) is 3.11. The molecule has 0 heterocycles. The van der Waals surface area contributed by atoms with Crippen LogP contribution in [0, 0.1) is 0 Å². The van der Waals surface area contributed by atoms with Gasteiger partial charge in [0.25, 0.3) is 0 Å². The van der Waals surface area contributed by atoms with E-state index in [1.165, 1.54) is 6.08 Å². The van der Waals surface area contributed by atoms with E-state index in [1.54, 1.807) is 13.0 Å². The van der Waals surface area contributed by atoms with E-state index in [4.69, 9.17) is 14.6 Å². The standard InChI is InChI=1S/C18H27NO4/c1-4-6-11-23-16-9-7-15(12-17(16)22-5-2)8-10-18(21)19-14(3)13-20/h7-10,12,14,20H,4-6,11,13H2,1-3H3,(H,19,21)/b10-8+. The molecule has 0 aliphatic carbocycles. The van der Waals surface area contributed by atoms with Gasteiger partial charge in [-0.05, 0) is 44.0 Å². The molecule has 1 rings (SSSR count). The molecule has 1 aromatic carbocycles. The summed E-state index contributed by atoms with van der Waals surface area (Å²) in [6.07, 6.45) is 5.22. The molecule has 1 amide bonds. The van der Waals surface area contributed by atoms with Crippen molar-refractivity contribution in [2.24, 2.45) is 0 Å². The van der Waals surface area contributed by atoms with E-state index in [1.807, 2.05) is 25.1 Å². The van der Waals surface area contributed by atoms with Gasteiger partial charge in [-0.1, -0.05) is 19.4 Å². The van der Waals surface area contributed by atoms with Gasteiger partial charge in [-0.15, -0.1) is 0 Å². The van der Waals surface area contributed by atoms with E-state index in [9.17, 15) is 4.79 Å². The summed E-state index contributed by atoms with van der Waals surface area (Å²) in [5.41, 5.74) is 0.850. The van der Waals surface area contributed by atoms with Gasteiger partial charge in [0.1, 0.15) is 0 Å². The van der Waals surface area contributed by atoms with Crippen LogP contribution in [-0.4, -0.2) is 36.9 Å². The average Bonchev–Trinajstić information content (AvgIpc) is 2.55. The van der Waals surface area contributed by atoms with Crippen molar-refractivity contribution in [1.29, 1.82) is 0 Å². The van der Waals surface area contributed by atoms with E-state index in [0.717, 1.165) is 24.2 Å². The zero-order valence-electron chi connectivity index (χ0n) is 14.2. The molecule has 0 bridgehead atoms. The van der Waals surface area contributed by atoms with E-state index in [-0.39, 0.29) is 18.6 Å². The van der Waals surface area contributed by atoms with Gasteiger partial charge >= 0.3 is 0 Å². The fourth-order valence-electron chi connectivity index (χ4n) is 1.85. The van der Waals surface area contributed by atoms with Crippen LogP contribution in [0.15, 0.2) is 24.3 Å². The van der Waals surface area contributed by atoms with Gasteiger partial charge in [-0.25, -0.2) is 0 Å². The predicted molar refractivity (Wildman–Crippen MR) is 91.7 cm³/mol. The summed E-state index contributed by atoms with van der Waals surface area (Å²) >= 11 is 0. The Morgan fingerprint density at radius 1 is 1.30 bits per heavy atom. The number of aliphatic hydroxyl groups is 1. The van der Waals surface area contributed by atoms with Crippen LogP contribution >= 0.6 is 0 Å². The number of unbranched alkanes of at least 4 members (excludes halogenated alkanes) is 1. The smallest absolute Gasteiger partial charge is 0.244 e. The monoisotopic (exact) mass is 321 g/mol. The molecule has 1 atom stereocenters. The predicted octanol–water partition coefficient (Wildman–Crippen LogP) is 2.77. The van der Waals surface area contributed by atoms with Crippen molar-refractivity contribution in [2.45, 2.75) is 39.7 Å². The first kappa shape index (κ1) is 19.0. The molecule has 0 saturated carbocycles. The molecule has 1 aromatic rings. The van der Waals surface area contributed by atoms with Crippen LogP contribution in [0.2, 0.25) is 0 Å². The van der Waals surface area contributed by atoms with Gasteiger partial charge in [-0.3, -0.25) is 4.79 Å². The fraction of sp³-hybridized carbons (Fsp3) is 0.500. The number of aliphatic hydroxyl groups excluding tert-OH is 1. The molecule has 23 heavy (non-hydrogen) atoms. The lowest BCUT2D eigenvalue weighted by molar-refractivity contribution is -0.117. The molecule has 0 radical (unpaired) electrons. The zero-order chi connectivity index (χ0) is 17.1. The van der Waals surface area contributed by atoms with E-state index >= 15 is 0 Å². The number of carbonyl (C=O) groups excluding carboxylic acids is 1. The molecule has 128 valence electrons. The van der Waals surface area contributed by atoms with Crippen molar-refractivity contribution in [3.8, 4) is 11.5 Å². The summed E-state index contributed by atoms with van der Waals surface area (Å²) in [6.45, 7) is 6.89. The summed E-state index contributed by atoms with van der Waals surface area (Å²) in [5.74, 6) is 1.15. The van der Waals surface area contributed by atoms with Gasteiger partial charge in [0.2, 0.25) is 5.91 Å². The van der Waals surface area contributed by atoms with Crippen molar-refractivity contribution in [3.05, 3.63) is 29.8 Å². The summed E-state index contributed by atoms with van der Waals surface area (Å²) < 4.78 is 11.3. The highest BCUT2D eigenvalue weighted by Gasteiger charge is 2.06. The molecule has 2 N–H and O–H groups in total. The highest BCUT2D eigenvalue weighted by molar-refractivity contribution is 5.92. The molecule has 5 heteroatoms. The minimum Gasteiger partial charge on any atom is -0.490 e. The lowest BCUT2D eigenvalue weighted by Gasteiger charge is -2.12. The summed E-state index contributed by atoms with van der Waals surface area (Å²) in [5, 5.41) is 11.6. The van der Waals surface area contributed by atoms with Crippen molar-refractivity contribution in [2.75, 3.05) is 19.8 Å². The second-order valence-electron chi connectivity index (χ2n) is 5.27. The van der Waals surface area contributed by atoms with Gasteiger partial charge in [0.05, 0.1) is 19.8 Å². The Morgan fingerprint density at radius 2 is 2.09 bits per heavy atom. The van der Waals surface area contributed by atoms with Gasteiger partial charge < -0.3 is 19.9 Å². The fourth-order valence-corrected chi connectivity index (χ4v) is 1.85. The number of rotatable bonds is 10. The first-order valence-electron chi connectivity index (χ1n) is 8.09. The molecule has 0 aromatic heterocycles. The number of benzene rings is 1. The van der Waals surface area contributed by atoms with E-state index in [2.05, 4.69) is 12.2 Å². The Hall–Kier alpha value is -2.01. The lowest BCUT2D eigenvalue weighted by atomic mass is 10.2. The number of amides is 1. The van der Waals surface area contributed by atoms with Crippen LogP contribution < -0.4 is 14.8 Å². The van der Waals surface area contributed by atoms with Crippen molar-refractivity contribution < 1.29 is 19.4 Å². The molecule has 0 aliphatic rings. The normalized spacial score (nSPS) is 12.2. The summed E-state index contributed by atoms with van der Waals surface area (Å²) in [7, 11) is 0.